The van der Waals surface area contributed by atoms with Crippen LogP contribution in [0.25, 0.3) is 0 Å². The van der Waals surface area contributed by atoms with E-state index in [-0.39, 0.29) is 31.6 Å². The first-order chi connectivity index (χ1) is 13.3. The van der Waals surface area contributed by atoms with Gasteiger partial charge in [-0.1, -0.05) is 45.1 Å². The fourth-order valence-corrected chi connectivity index (χ4v) is 3.02. The van der Waals surface area contributed by atoms with Gasteiger partial charge in [0.15, 0.2) is 5.79 Å². The number of rotatable bonds is 14. The molecule has 28 heavy (non-hydrogen) atoms. The van der Waals surface area contributed by atoms with Crippen LogP contribution >= 0.6 is 0 Å². The quantitative estimate of drug-likeness (QED) is 0.308. The van der Waals surface area contributed by atoms with Crippen LogP contribution in [0.4, 0.5) is 0 Å². The van der Waals surface area contributed by atoms with E-state index < -0.39 is 11.3 Å². The van der Waals surface area contributed by atoms with Crippen LogP contribution in [0.5, 0.6) is 0 Å². The molecule has 1 fully saturated rings. The van der Waals surface area contributed by atoms with Gasteiger partial charge in [-0.25, -0.2) is 0 Å². The molecule has 0 saturated carbocycles. The summed E-state index contributed by atoms with van der Waals surface area (Å²) in [4.78, 5) is 23.2. The van der Waals surface area contributed by atoms with Crippen molar-refractivity contribution in [2.24, 2.45) is 0 Å². The van der Waals surface area contributed by atoms with E-state index in [0.717, 1.165) is 38.5 Å². The molecule has 1 rings (SSSR count). The molecule has 1 aliphatic rings. The molecule has 1 aliphatic heterocycles. The van der Waals surface area contributed by atoms with E-state index >= 15 is 0 Å². The van der Waals surface area contributed by atoms with Gasteiger partial charge >= 0.3 is 0 Å². The van der Waals surface area contributed by atoms with Gasteiger partial charge in [-0.2, -0.15) is 0 Å². The average Bonchev–Trinajstić information content (AvgIpc) is 2.67. The molecule has 0 aliphatic carbocycles. The number of unbranched alkanes of at least 4 members (excludes halogenated alkanes) is 7. The van der Waals surface area contributed by atoms with E-state index in [0.29, 0.717) is 13.0 Å². The molecule has 0 aromatic heterocycles. The number of nitrogens with one attached hydrogen (secondary N) is 2. The maximum absolute atomic E-state index is 12.2. The summed E-state index contributed by atoms with van der Waals surface area (Å²) in [6.45, 7) is 8.06. The highest BCUT2D eigenvalue weighted by Crippen LogP contribution is 2.23. The van der Waals surface area contributed by atoms with Crippen LogP contribution in [0.15, 0.2) is 12.7 Å². The van der Waals surface area contributed by atoms with E-state index in [4.69, 9.17) is 9.47 Å². The Balaban J connectivity index is 2.00. The number of aliphatic hydroxyl groups is 1. The molecule has 0 aromatic rings. The van der Waals surface area contributed by atoms with Crippen molar-refractivity contribution >= 4 is 11.8 Å². The van der Waals surface area contributed by atoms with E-state index in [2.05, 4.69) is 17.2 Å². The highest BCUT2D eigenvalue weighted by atomic mass is 16.7. The van der Waals surface area contributed by atoms with E-state index in [9.17, 15) is 14.7 Å². The summed E-state index contributed by atoms with van der Waals surface area (Å²) in [7, 11) is 0. The number of carbonyl (C=O) groups is 2. The Morgan fingerprint density at radius 2 is 1.54 bits per heavy atom. The Kier molecular flexibility index (Phi) is 11.3. The van der Waals surface area contributed by atoms with Gasteiger partial charge in [-0.3, -0.25) is 9.59 Å². The third-order valence-electron chi connectivity index (χ3n) is 4.91. The number of ether oxygens (including phenoxy) is 2. The topological polar surface area (TPSA) is 96.9 Å². The van der Waals surface area contributed by atoms with Crippen LogP contribution in [0.3, 0.4) is 0 Å². The van der Waals surface area contributed by atoms with Gasteiger partial charge in [0.1, 0.15) is 5.54 Å². The molecule has 162 valence electrons. The standard InChI is InChI=1S/C21H38N2O5/c1-4-18(25)22-14-12-10-8-6-5-7-9-11-13-19(26)23-21(15-24)16-27-20(2,3)28-17-21/h4,24H,1,5-17H2,2-3H3,(H,22,25)(H,23,26). The normalized spacial score (nSPS) is 17.7. The van der Waals surface area contributed by atoms with Crippen molar-refractivity contribution in [3.05, 3.63) is 12.7 Å². The summed E-state index contributed by atoms with van der Waals surface area (Å²) >= 11 is 0. The first kappa shape index (κ1) is 24.6. The zero-order valence-corrected chi connectivity index (χ0v) is 17.6. The number of hydrogen-bond acceptors (Lipinski definition) is 5. The molecule has 1 heterocycles. The van der Waals surface area contributed by atoms with Gasteiger partial charge in [-0.05, 0) is 32.8 Å². The lowest BCUT2D eigenvalue weighted by Gasteiger charge is -2.42. The number of carbonyl (C=O) groups excluding carboxylic acids is 2. The molecule has 0 spiro atoms. The number of aliphatic hydroxyl groups excluding tert-OH is 1. The second-order valence-corrected chi connectivity index (χ2v) is 8.04. The van der Waals surface area contributed by atoms with Gasteiger partial charge in [0, 0.05) is 13.0 Å². The lowest BCUT2D eigenvalue weighted by atomic mass is 10.0. The summed E-state index contributed by atoms with van der Waals surface area (Å²) in [6, 6.07) is 0. The van der Waals surface area contributed by atoms with Crippen LogP contribution in [0.1, 0.15) is 71.6 Å². The minimum atomic E-state index is -0.836. The van der Waals surface area contributed by atoms with Gasteiger partial charge in [0.05, 0.1) is 19.8 Å². The zero-order valence-electron chi connectivity index (χ0n) is 17.6. The summed E-state index contributed by atoms with van der Waals surface area (Å²) < 4.78 is 11.1. The maximum atomic E-state index is 12.2. The number of amides is 2. The molecule has 0 radical (unpaired) electrons. The van der Waals surface area contributed by atoms with Crippen molar-refractivity contribution < 1.29 is 24.2 Å². The third-order valence-corrected chi connectivity index (χ3v) is 4.91. The molecule has 0 unspecified atom stereocenters. The molecular weight excluding hydrogens is 360 g/mol. The Bertz CT molecular complexity index is 483. The SMILES string of the molecule is C=CC(=O)NCCCCCCCCCCC(=O)NC1(CO)COC(C)(C)OC1. The molecule has 1 saturated heterocycles. The monoisotopic (exact) mass is 398 g/mol. The van der Waals surface area contributed by atoms with Crippen molar-refractivity contribution in [3.63, 3.8) is 0 Å². The minimum absolute atomic E-state index is 0.0671. The lowest BCUT2D eigenvalue weighted by molar-refractivity contribution is -0.274. The van der Waals surface area contributed by atoms with E-state index in [1.165, 1.54) is 18.9 Å². The lowest BCUT2D eigenvalue weighted by Crippen LogP contribution is -2.63. The van der Waals surface area contributed by atoms with E-state index in [1.807, 2.05) is 13.8 Å². The molecule has 3 N–H and O–H groups in total. The first-order valence-electron chi connectivity index (χ1n) is 10.4. The van der Waals surface area contributed by atoms with Crippen molar-refractivity contribution in [2.75, 3.05) is 26.4 Å². The fraction of sp³-hybridized carbons (Fsp3) is 0.810. The highest BCUT2D eigenvalue weighted by Gasteiger charge is 2.40. The van der Waals surface area contributed by atoms with Crippen molar-refractivity contribution in [1.82, 2.24) is 10.6 Å². The minimum Gasteiger partial charge on any atom is -0.394 e. The Hall–Kier alpha value is -1.44. The van der Waals surface area contributed by atoms with Crippen molar-refractivity contribution in [2.45, 2.75) is 83.0 Å². The van der Waals surface area contributed by atoms with Crippen LogP contribution in [0.2, 0.25) is 0 Å². The zero-order chi connectivity index (χ0) is 20.9. The predicted octanol–water partition coefficient (Wildman–Crippen LogP) is 2.43. The second kappa shape index (κ2) is 12.9. The van der Waals surface area contributed by atoms with Gasteiger partial charge in [0.25, 0.3) is 0 Å². The molecule has 7 heteroatoms. The van der Waals surface area contributed by atoms with Gasteiger partial charge < -0.3 is 25.2 Å². The summed E-state index contributed by atoms with van der Waals surface area (Å²) in [5.41, 5.74) is -0.836. The molecular formula is C21H38N2O5. The van der Waals surface area contributed by atoms with E-state index in [1.54, 1.807) is 0 Å². The maximum Gasteiger partial charge on any atom is 0.243 e. The van der Waals surface area contributed by atoms with Crippen LogP contribution in [-0.4, -0.2) is 54.6 Å². The summed E-state index contributed by atoms with van der Waals surface area (Å²) in [5.74, 6) is -0.855. The molecule has 0 bridgehead atoms. The predicted molar refractivity (Wildman–Crippen MR) is 109 cm³/mol. The number of hydrogen-bond donors (Lipinski definition) is 3. The summed E-state index contributed by atoms with van der Waals surface area (Å²) in [6.07, 6.45) is 10.4. The smallest absolute Gasteiger partial charge is 0.243 e. The van der Waals surface area contributed by atoms with Gasteiger partial charge in [-0.15, -0.1) is 0 Å². The largest absolute Gasteiger partial charge is 0.394 e. The molecule has 2 amide bonds. The van der Waals surface area contributed by atoms with Crippen LogP contribution in [-0.2, 0) is 19.1 Å². The van der Waals surface area contributed by atoms with Crippen LogP contribution in [0, 0.1) is 0 Å². The third kappa shape index (κ3) is 10.2. The fourth-order valence-electron chi connectivity index (χ4n) is 3.02. The Labute approximate surface area is 169 Å². The Morgan fingerprint density at radius 1 is 1.00 bits per heavy atom. The molecule has 0 aromatic carbocycles. The average molecular weight is 399 g/mol. The molecule has 0 atom stereocenters. The van der Waals surface area contributed by atoms with Crippen molar-refractivity contribution in [3.8, 4) is 0 Å². The summed E-state index contributed by atoms with van der Waals surface area (Å²) in [5, 5.41) is 15.3. The molecule has 7 nitrogen and oxygen atoms in total. The van der Waals surface area contributed by atoms with Crippen LogP contribution < -0.4 is 10.6 Å². The second-order valence-electron chi connectivity index (χ2n) is 8.04. The van der Waals surface area contributed by atoms with Gasteiger partial charge in [0.2, 0.25) is 11.8 Å². The Morgan fingerprint density at radius 3 is 2.07 bits per heavy atom. The highest BCUT2D eigenvalue weighted by molar-refractivity contribution is 5.86. The first-order valence-corrected chi connectivity index (χ1v) is 10.4. The van der Waals surface area contributed by atoms with Crippen molar-refractivity contribution in [1.29, 1.82) is 0 Å².